The second kappa shape index (κ2) is 9.62. The summed E-state index contributed by atoms with van der Waals surface area (Å²) >= 11 is 0. The van der Waals surface area contributed by atoms with Crippen molar-refractivity contribution >= 4 is 29.9 Å². The van der Waals surface area contributed by atoms with E-state index in [1.54, 1.807) is 7.05 Å². The van der Waals surface area contributed by atoms with Gasteiger partial charge in [-0.25, -0.2) is 0 Å². The summed E-state index contributed by atoms with van der Waals surface area (Å²) in [5.74, 6) is 2.28. The number of aliphatic imine (C=N–C) groups is 1. The smallest absolute Gasteiger partial charge is 0.191 e. The molecule has 1 aromatic carbocycles. The van der Waals surface area contributed by atoms with Crippen LogP contribution in [0.15, 0.2) is 29.3 Å². The molecule has 0 aliphatic carbocycles. The Morgan fingerprint density at radius 2 is 2.04 bits per heavy atom. The molecule has 1 aromatic rings. The van der Waals surface area contributed by atoms with Crippen LogP contribution in [0.2, 0.25) is 0 Å². The van der Waals surface area contributed by atoms with Gasteiger partial charge in [0.15, 0.2) is 5.96 Å². The van der Waals surface area contributed by atoms with Crippen molar-refractivity contribution in [2.24, 2.45) is 4.99 Å². The van der Waals surface area contributed by atoms with Crippen molar-refractivity contribution < 1.29 is 9.47 Å². The molecule has 5 nitrogen and oxygen atoms in total. The second-order valence-corrected chi connectivity index (χ2v) is 6.93. The molecule has 0 amide bonds. The van der Waals surface area contributed by atoms with Crippen LogP contribution in [0.5, 0.6) is 5.75 Å². The van der Waals surface area contributed by atoms with E-state index in [4.69, 9.17) is 9.47 Å². The zero-order chi connectivity index (χ0) is 16.9. The minimum absolute atomic E-state index is 0. The van der Waals surface area contributed by atoms with Gasteiger partial charge in [-0.15, -0.1) is 24.0 Å². The Balaban J connectivity index is 0.00000225. The van der Waals surface area contributed by atoms with Gasteiger partial charge in [-0.1, -0.05) is 26.0 Å². The monoisotopic (exact) mass is 459 g/mol. The SMILES string of the molecule is CN=C(NCCOc1ccc(C(C)C)cc1)NC1CC2CCC1O2.I. The topological polar surface area (TPSA) is 54.9 Å². The maximum atomic E-state index is 5.87. The summed E-state index contributed by atoms with van der Waals surface area (Å²) < 4.78 is 11.7. The number of hydrogen-bond acceptors (Lipinski definition) is 3. The summed E-state index contributed by atoms with van der Waals surface area (Å²) in [6, 6.07) is 8.72. The summed E-state index contributed by atoms with van der Waals surface area (Å²) in [7, 11) is 1.80. The first-order valence-electron chi connectivity index (χ1n) is 9.01. The van der Waals surface area contributed by atoms with Gasteiger partial charge in [0.05, 0.1) is 24.8 Å². The Morgan fingerprint density at radius 1 is 1.28 bits per heavy atom. The molecule has 0 saturated carbocycles. The van der Waals surface area contributed by atoms with Crippen molar-refractivity contribution in [2.75, 3.05) is 20.2 Å². The Hall–Kier alpha value is -1.02. The normalized spacial score (nSPS) is 25.0. The molecule has 2 saturated heterocycles. The number of hydrogen-bond donors (Lipinski definition) is 2. The van der Waals surface area contributed by atoms with Crippen LogP contribution < -0.4 is 15.4 Å². The number of ether oxygens (including phenoxy) is 2. The second-order valence-electron chi connectivity index (χ2n) is 6.93. The summed E-state index contributed by atoms with van der Waals surface area (Å²) in [4.78, 5) is 4.29. The molecule has 2 fully saturated rings. The maximum Gasteiger partial charge on any atom is 0.191 e. The van der Waals surface area contributed by atoms with Gasteiger partial charge in [-0.2, -0.15) is 0 Å². The molecule has 6 heteroatoms. The fourth-order valence-corrected chi connectivity index (χ4v) is 3.45. The van der Waals surface area contributed by atoms with Crippen molar-refractivity contribution in [1.29, 1.82) is 0 Å². The van der Waals surface area contributed by atoms with E-state index in [9.17, 15) is 0 Å². The van der Waals surface area contributed by atoms with Gasteiger partial charge in [0.2, 0.25) is 0 Å². The fourth-order valence-electron chi connectivity index (χ4n) is 3.45. The van der Waals surface area contributed by atoms with Gasteiger partial charge in [0.25, 0.3) is 0 Å². The Morgan fingerprint density at radius 3 is 2.60 bits per heavy atom. The highest BCUT2D eigenvalue weighted by Crippen LogP contribution is 2.34. The van der Waals surface area contributed by atoms with Crippen molar-refractivity contribution in [3.8, 4) is 5.75 Å². The Bertz CT molecular complexity index is 562. The number of guanidine groups is 1. The number of benzene rings is 1. The lowest BCUT2D eigenvalue weighted by Gasteiger charge is -2.22. The van der Waals surface area contributed by atoms with E-state index in [0.717, 1.165) is 24.6 Å². The third-order valence-electron chi connectivity index (χ3n) is 4.86. The van der Waals surface area contributed by atoms with Crippen LogP contribution in [-0.4, -0.2) is 44.4 Å². The zero-order valence-corrected chi connectivity index (χ0v) is 17.7. The predicted octanol–water partition coefficient (Wildman–Crippen LogP) is 3.29. The number of rotatable bonds is 6. The summed E-state index contributed by atoms with van der Waals surface area (Å²) in [6.45, 7) is 5.71. The highest BCUT2D eigenvalue weighted by molar-refractivity contribution is 14.0. The van der Waals surface area contributed by atoms with Crippen molar-refractivity contribution in [3.63, 3.8) is 0 Å². The fraction of sp³-hybridized carbons (Fsp3) is 0.632. The van der Waals surface area contributed by atoms with Crippen LogP contribution >= 0.6 is 24.0 Å². The number of nitrogens with zero attached hydrogens (tertiary/aromatic N) is 1. The molecule has 3 atom stereocenters. The van der Waals surface area contributed by atoms with E-state index in [0.29, 0.717) is 37.3 Å². The minimum atomic E-state index is 0. The third kappa shape index (κ3) is 5.48. The van der Waals surface area contributed by atoms with Crippen molar-refractivity contribution in [1.82, 2.24) is 10.6 Å². The zero-order valence-electron chi connectivity index (χ0n) is 15.3. The van der Waals surface area contributed by atoms with Crippen molar-refractivity contribution in [2.45, 2.75) is 57.3 Å². The molecule has 3 unspecified atom stereocenters. The van der Waals surface area contributed by atoms with E-state index < -0.39 is 0 Å². The molecule has 0 aromatic heterocycles. The lowest BCUT2D eigenvalue weighted by Crippen LogP contribution is -2.48. The van der Waals surface area contributed by atoms with Gasteiger partial charge >= 0.3 is 0 Å². The molecule has 2 N–H and O–H groups in total. The van der Waals surface area contributed by atoms with Crippen LogP contribution in [0.1, 0.15) is 44.6 Å². The van der Waals surface area contributed by atoms with Gasteiger partial charge in [-0.3, -0.25) is 4.99 Å². The minimum Gasteiger partial charge on any atom is -0.492 e. The van der Waals surface area contributed by atoms with E-state index in [2.05, 4.69) is 41.6 Å². The molecular formula is C19H30IN3O2. The van der Waals surface area contributed by atoms with Crippen LogP contribution in [0.25, 0.3) is 0 Å². The lowest BCUT2D eigenvalue weighted by molar-refractivity contribution is 0.0992. The average molecular weight is 459 g/mol. The largest absolute Gasteiger partial charge is 0.492 e. The molecule has 2 aliphatic rings. The first-order chi connectivity index (χ1) is 11.7. The third-order valence-corrected chi connectivity index (χ3v) is 4.86. The van der Waals surface area contributed by atoms with Crippen molar-refractivity contribution in [3.05, 3.63) is 29.8 Å². The predicted molar refractivity (Wildman–Crippen MR) is 112 cm³/mol. The van der Waals surface area contributed by atoms with Gasteiger partial charge in [-0.05, 0) is 42.9 Å². The summed E-state index contributed by atoms with van der Waals surface area (Å²) in [5.41, 5.74) is 1.33. The van der Waals surface area contributed by atoms with E-state index in [1.807, 2.05) is 12.1 Å². The van der Waals surface area contributed by atoms with Gasteiger partial charge in [0.1, 0.15) is 12.4 Å². The number of nitrogens with one attached hydrogen (secondary N) is 2. The standard InChI is InChI=1S/C19H29N3O2.HI/c1-13(2)14-4-6-15(7-5-14)23-11-10-21-19(20-3)22-17-12-16-8-9-18(17)24-16;/h4-7,13,16-18H,8-12H2,1-3H3,(H2,20,21,22);1H. The Labute approximate surface area is 168 Å². The van der Waals surface area contributed by atoms with Gasteiger partial charge < -0.3 is 20.1 Å². The first kappa shape index (κ1) is 20.3. The molecular weight excluding hydrogens is 429 g/mol. The van der Waals surface area contributed by atoms with E-state index in [1.165, 1.54) is 12.0 Å². The summed E-state index contributed by atoms with van der Waals surface area (Å²) in [6.07, 6.45) is 4.25. The molecule has 0 radical (unpaired) electrons. The highest BCUT2D eigenvalue weighted by atomic mass is 127. The summed E-state index contributed by atoms with van der Waals surface area (Å²) in [5, 5.41) is 6.79. The first-order valence-corrected chi connectivity index (χ1v) is 9.01. The van der Waals surface area contributed by atoms with Gasteiger partial charge in [0, 0.05) is 7.05 Å². The molecule has 0 spiro atoms. The number of halogens is 1. The Kier molecular flexibility index (Phi) is 7.81. The molecule has 2 bridgehead atoms. The molecule has 2 heterocycles. The van der Waals surface area contributed by atoms with Crippen LogP contribution in [0.3, 0.4) is 0 Å². The van der Waals surface area contributed by atoms with E-state index >= 15 is 0 Å². The van der Waals surface area contributed by atoms with Crippen LogP contribution in [0.4, 0.5) is 0 Å². The highest BCUT2D eigenvalue weighted by Gasteiger charge is 2.41. The molecule has 25 heavy (non-hydrogen) atoms. The van der Waals surface area contributed by atoms with Crippen LogP contribution in [-0.2, 0) is 4.74 Å². The van der Waals surface area contributed by atoms with Crippen LogP contribution in [0, 0.1) is 0 Å². The molecule has 140 valence electrons. The average Bonchev–Trinajstić information content (AvgIpc) is 3.21. The molecule has 3 rings (SSSR count). The molecule has 2 aliphatic heterocycles. The quantitative estimate of drug-likeness (QED) is 0.297. The van der Waals surface area contributed by atoms with E-state index in [-0.39, 0.29) is 24.0 Å². The lowest BCUT2D eigenvalue weighted by atomic mass is 9.96. The maximum absolute atomic E-state index is 5.87. The number of fused-ring (bicyclic) bond motifs is 2.